The van der Waals surface area contributed by atoms with E-state index < -0.39 is 5.97 Å². The van der Waals surface area contributed by atoms with Crippen LogP contribution in [0.5, 0.6) is 0 Å². The van der Waals surface area contributed by atoms with Crippen molar-refractivity contribution in [3.8, 4) is 0 Å². The number of aliphatic carboxylic acids is 1. The van der Waals surface area contributed by atoms with Gasteiger partial charge in [0.15, 0.2) is 0 Å². The number of hydrogen-bond donors (Lipinski definition) is 1. The summed E-state index contributed by atoms with van der Waals surface area (Å²) in [4.78, 5) is 15.3. The summed E-state index contributed by atoms with van der Waals surface area (Å²) in [6.07, 6.45) is 0.243. The highest BCUT2D eigenvalue weighted by Gasteiger charge is 2.22. The van der Waals surface area contributed by atoms with Gasteiger partial charge in [0.2, 0.25) is 0 Å². The summed E-state index contributed by atoms with van der Waals surface area (Å²) in [7, 11) is 0. The summed E-state index contributed by atoms with van der Waals surface area (Å²) in [5.41, 5.74) is 2.74. The molecule has 110 valence electrons. The number of aryl methyl sites for hydroxylation is 1. The van der Waals surface area contributed by atoms with E-state index in [4.69, 9.17) is 5.11 Å². The number of carboxylic acids is 1. The molecule has 0 saturated carbocycles. The Kier molecular flexibility index (Phi) is 5.15. The summed E-state index contributed by atoms with van der Waals surface area (Å²) in [5, 5.41) is 8.73. The van der Waals surface area contributed by atoms with E-state index in [-0.39, 0.29) is 6.42 Å². The normalized spacial score (nSPS) is 18.9. The number of carboxylic acid groups (broad SMARTS) is 1. The number of hydrogen-bond acceptors (Lipinski definition) is 3. The maximum atomic E-state index is 10.6. The van der Waals surface area contributed by atoms with Crippen LogP contribution in [-0.2, 0) is 4.79 Å². The molecule has 4 heteroatoms. The van der Waals surface area contributed by atoms with Gasteiger partial charge in [0.1, 0.15) is 0 Å². The molecule has 2 rings (SSSR count). The van der Waals surface area contributed by atoms with E-state index >= 15 is 0 Å². The minimum Gasteiger partial charge on any atom is -0.481 e. The Balaban J connectivity index is 1.87. The third-order valence-electron chi connectivity index (χ3n) is 4.24. The summed E-state index contributed by atoms with van der Waals surface area (Å²) in [6.45, 7) is 9.03. The molecule has 20 heavy (non-hydrogen) atoms. The molecule has 0 radical (unpaired) electrons. The average molecular weight is 276 g/mol. The van der Waals surface area contributed by atoms with Crippen molar-refractivity contribution in [2.45, 2.75) is 26.3 Å². The zero-order valence-corrected chi connectivity index (χ0v) is 12.4. The van der Waals surface area contributed by atoms with E-state index in [0.717, 1.165) is 26.2 Å². The lowest BCUT2D eigenvalue weighted by Crippen LogP contribution is -2.47. The van der Waals surface area contributed by atoms with Gasteiger partial charge in [-0.15, -0.1) is 0 Å². The van der Waals surface area contributed by atoms with Crippen molar-refractivity contribution in [2.24, 2.45) is 0 Å². The molecule has 0 bridgehead atoms. The number of nitrogens with zero attached hydrogens (tertiary/aromatic N) is 2. The topological polar surface area (TPSA) is 43.8 Å². The summed E-state index contributed by atoms with van der Waals surface area (Å²) >= 11 is 0. The van der Waals surface area contributed by atoms with Crippen molar-refractivity contribution in [1.82, 2.24) is 9.80 Å². The SMILES string of the molecule is Cc1ccccc1C(C)N1CCN(CCC(=O)O)CC1. The zero-order valence-electron chi connectivity index (χ0n) is 12.4. The highest BCUT2D eigenvalue weighted by molar-refractivity contribution is 5.66. The third kappa shape index (κ3) is 3.81. The minimum atomic E-state index is -0.708. The number of carbonyl (C=O) groups is 1. The van der Waals surface area contributed by atoms with Crippen LogP contribution in [0.25, 0.3) is 0 Å². The van der Waals surface area contributed by atoms with Crippen LogP contribution in [0.1, 0.15) is 30.5 Å². The quantitative estimate of drug-likeness (QED) is 0.895. The fourth-order valence-electron chi connectivity index (χ4n) is 2.88. The maximum Gasteiger partial charge on any atom is 0.304 e. The first-order chi connectivity index (χ1) is 9.58. The Bertz CT molecular complexity index is 454. The Morgan fingerprint density at radius 2 is 1.90 bits per heavy atom. The molecule has 1 atom stereocenters. The van der Waals surface area contributed by atoms with Crippen LogP contribution in [-0.4, -0.2) is 53.6 Å². The second-order valence-electron chi connectivity index (χ2n) is 5.55. The van der Waals surface area contributed by atoms with Crippen LogP contribution in [0.15, 0.2) is 24.3 Å². The first-order valence-corrected chi connectivity index (χ1v) is 7.31. The smallest absolute Gasteiger partial charge is 0.304 e. The molecule has 0 spiro atoms. The van der Waals surface area contributed by atoms with Crippen LogP contribution in [0.3, 0.4) is 0 Å². The fourth-order valence-corrected chi connectivity index (χ4v) is 2.88. The van der Waals surface area contributed by atoms with Gasteiger partial charge >= 0.3 is 5.97 Å². The molecule has 1 aromatic carbocycles. The molecule has 0 aliphatic carbocycles. The first kappa shape index (κ1) is 15.0. The third-order valence-corrected chi connectivity index (χ3v) is 4.24. The number of rotatable bonds is 5. The molecule has 1 unspecified atom stereocenters. The van der Waals surface area contributed by atoms with Gasteiger partial charge in [0.05, 0.1) is 6.42 Å². The number of piperazine rings is 1. The fraction of sp³-hybridized carbons (Fsp3) is 0.562. The zero-order chi connectivity index (χ0) is 14.5. The molecular formula is C16H24N2O2. The van der Waals surface area contributed by atoms with E-state index in [1.54, 1.807) is 0 Å². The highest BCUT2D eigenvalue weighted by atomic mass is 16.4. The van der Waals surface area contributed by atoms with Crippen LogP contribution in [0.2, 0.25) is 0 Å². The first-order valence-electron chi connectivity index (χ1n) is 7.31. The van der Waals surface area contributed by atoms with E-state index in [9.17, 15) is 4.79 Å². The molecule has 1 aromatic rings. The maximum absolute atomic E-state index is 10.6. The van der Waals surface area contributed by atoms with Gasteiger partial charge in [-0.25, -0.2) is 0 Å². The molecule has 1 N–H and O–H groups in total. The highest BCUT2D eigenvalue weighted by Crippen LogP contribution is 2.24. The second kappa shape index (κ2) is 6.86. The van der Waals surface area contributed by atoms with Crippen molar-refractivity contribution in [3.63, 3.8) is 0 Å². The van der Waals surface area contributed by atoms with E-state index in [1.165, 1.54) is 11.1 Å². The Morgan fingerprint density at radius 1 is 1.25 bits per heavy atom. The lowest BCUT2D eigenvalue weighted by Gasteiger charge is -2.38. The summed E-state index contributed by atoms with van der Waals surface area (Å²) < 4.78 is 0. The van der Waals surface area contributed by atoms with Crippen LogP contribution in [0, 0.1) is 6.92 Å². The number of benzene rings is 1. The minimum absolute atomic E-state index is 0.243. The van der Waals surface area contributed by atoms with Gasteiger partial charge in [0.25, 0.3) is 0 Å². The molecule has 0 aromatic heterocycles. The van der Waals surface area contributed by atoms with Crippen molar-refractivity contribution in [3.05, 3.63) is 35.4 Å². The molecular weight excluding hydrogens is 252 g/mol. The Hall–Kier alpha value is -1.39. The molecule has 1 aliphatic heterocycles. The molecule has 1 fully saturated rings. The van der Waals surface area contributed by atoms with Gasteiger partial charge in [-0.3, -0.25) is 9.69 Å². The van der Waals surface area contributed by atoms with Crippen LogP contribution < -0.4 is 0 Å². The monoisotopic (exact) mass is 276 g/mol. The molecule has 1 saturated heterocycles. The molecule has 1 aliphatic rings. The summed E-state index contributed by atoms with van der Waals surface area (Å²) in [6, 6.07) is 8.97. The van der Waals surface area contributed by atoms with Crippen molar-refractivity contribution < 1.29 is 9.90 Å². The van der Waals surface area contributed by atoms with Gasteiger partial charge in [-0.1, -0.05) is 24.3 Å². The molecule has 4 nitrogen and oxygen atoms in total. The van der Waals surface area contributed by atoms with Crippen LogP contribution in [0.4, 0.5) is 0 Å². The second-order valence-corrected chi connectivity index (χ2v) is 5.55. The predicted octanol–water partition coefficient (Wildman–Crippen LogP) is 2.15. The van der Waals surface area contributed by atoms with Gasteiger partial charge < -0.3 is 10.0 Å². The van der Waals surface area contributed by atoms with Gasteiger partial charge in [0, 0.05) is 38.8 Å². The average Bonchev–Trinajstić information content (AvgIpc) is 2.45. The molecule has 0 amide bonds. The Labute approximate surface area is 121 Å². The lowest BCUT2D eigenvalue weighted by atomic mass is 10.0. The van der Waals surface area contributed by atoms with Crippen molar-refractivity contribution in [1.29, 1.82) is 0 Å². The lowest BCUT2D eigenvalue weighted by molar-refractivity contribution is -0.137. The molecule has 1 heterocycles. The van der Waals surface area contributed by atoms with Crippen molar-refractivity contribution in [2.75, 3.05) is 32.7 Å². The van der Waals surface area contributed by atoms with Crippen LogP contribution >= 0.6 is 0 Å². The predicted molar refractivity (Wildman–Crippen MR) is 79.9 cm³/mol. The van der Waals surface area contributed by atoms with E-state index in [1.807, 2.05) is 0 Å². The van der Waals surface area contributed by atoms with E-state index in [0.29, 0.717) is 12.6 Å². The van der Waals surface area contributed by atoms with Gasteiger partial charge in [-0.05, 0) is 25.0 Å². The Morgan fingerprint density at radius 3 is 2.50 bits per heavy atom. The van der Waals surface area contributed by atoms with E-state index in [2.05, 4.69) is 47.9 Å². The largest absolute Gasteiger partial charge is 0.481 e. The standard InChI is InChI=1S/C16H24N2O2/c1-13-5-3-4-6-15(13)14(2)18-11-9-17(10-12-18)8-7-16(19)20/h3-6,14H,7-12H2,1-2H3,(H,19,20). The van der Waals surface area contributed by atoms with Crippen molar-refractivity contribution >= 4 is 5.97 Å². The summed E-state index contributed by atoms with van der Waals surface area (Å²) in [5.74, 6) is -0.708. The van der Waals surface area contributed by atoms with Gasteiger partial charge in [-0.2, -0.15) is 0 Å².